The fourth-order valence-electron chi connectivity index (χ4n) is 1.69. The summed E-state index contributed by atoms with van der Waals surface area (Å²) in [6.07, 6.45) is 0.429. The van der Waals surface area contributed by atoms with Crippen molar-refractivity contribution in [1.82, 2.24) is 5.32 Å². The predicted octanol–water partition coefficient (Wildman–Crippen LogP) is 3.58. The molecule has 0 fully saturated rings. The van der Waals surface area contributed by atoms with Crippen LogP contribution in [-0.2, 0) is 9.59 Å². The number of carboxylic acid groups (broad SMARTS) is 1. The van der Waals surface area contributed by atoms with Gasteiger partial charge in [-0.2, -0.15) is 0 Å². The third-order valence-corrected chi connectivity index (χ3v) is 4.29. The van der Waals surface area contributed by atoms with E-state index in [1.807, 2.05) is 32.9 Å². The molecule has 0 heterocycles. The molecule has 0 saturated heterocycles. The molecule has 1 rings (SSSR count). The van der Waals surface area contributed by atoms with Crippen LogP contribution in [0.5, 0.6) is 0 Å². The maximum Gasteiger partial charge on any atom is 0.303 e. The number of carbonyl (C=O) groups excluding carboxylic acids is 1. The number of hydrogen-bond donors (Lipinski definition) is 2. The summed E-state index contributed by atoms with van der Waals surface area (Å²) in [7, 11) is 0. The van der Waals surface area contributed by atoms with E-state index in [0.717, 1.165) is 4.90 Å². The van der Waals surface area contributed by atoms with Crippen molar-refractivity contribution in [2.24, 2.45) is 0 Å². The van der Waals surface area contributed by atoms with Crippen LogP contribution in [-0.4, -0.2) is 27.8 Å². The van der Waals surface area contributed by atoms with Gasteiger partial charge in [-0.05, 0) is 51.5 Å². The van der Waals surface area contributed by atoms with E-state index in [-0.39, 0.29) is 17.6 Å². The van der Waals surface area contributed by atoms with Crippen molar-refractivity contribution in [2.75, 3.05) is 0 Å². The van der Waals surface area contributed by atoms with Gasteiger partial charge in [-0.1, -0.05) is 11.6 Å². The van der Waals surface area contributed by atoms with Crippen LogP contribution < -0.4 is 5.32 Å². The lowest BCUT2D eigenvalue weighted by molar-refractivity contribution is -0.137. The molecule has 0 bridgehead atoms. The van der Waals surface area contributed by atoms with E-state index in [9.17, 15) is 9.59 Å². The van der Waals surface area contributed by atoms with Gasteiger partial charge in [-0.15, -0.1) is 11.8 Å². The zero-order chi connectivity index (χ0) is 16.0. The van der Waals surface area contributed by atoms with Crippen molar-refractivity contribution in [3.05, 3.63) is 29.3 Å². The Hall–Kier alpha value is -1.20. The molecule has 1 aromatic rings. The SMILES string of the molecule is CC(Sc1ccc(Cl)cc1)C(=O)NC(C)(C)CCC(=O)O. The summed E-state index contributed by atoms with van der Waals surface area (Å²) in [6.45, 7) is 5.48. The Labute approximate surface area is 134 Å². The number of rotatable bonds is 7. The highest BCUT2D eigenvalue weighted by atomic mass is 35.5. The van der Waals surface area contributed by atoms with Crippen LogP contribution >= 0.6 is 23.4 Å². The average molecular weight is 330 g/mol. The molecule has 0 aliphatic carbocycles. The number of aliphatic carboxylic acids is 1. The number of thioether (sulfide) groups is 1. The fraction of sp³-hybridized carbons (Fsp3) is 0.467. The van der Waals surface area contributed by atoms with E-state index in [1.165, 1.54) is 11.8 Å². The lowest BCUT2D eigenvalue weighted by Crippen LogP contribution is -2.46. The Morgan fingerprint density at radius 3 is 2.43 bits per heavy atom. The van der Waals surface area contributed by atoms with E-state index in [0.29, 0.717) is 11.4 Å². The Bertz CT molecular complexity index is 502. The normalized spacial score (nSPS) is 12.8. The maximum atomic E-state index is 12.2. The molecule has 6 heteroatoms. The molecule has 2 N–H and O–H groups in total. The molecule has 0 aromatic heterocycles. The molecule has 21 heavy (non-hydrogen) atoms. The number of halogens is 1. The van der Waals surface area contributed by atoms with Crippen molar-refractivity contribution in [2.45, 2.75) is 49.3 Å². The van der Waals surface area contributed by atoms with Gasteiger partial charge in [-0.3, -0.25) is 9.59 Å². The standard InChI is InChI=1S/C15H20ClNO3S/c1-10(21-12-6-4-11(16)5-7-12)14(20)17-15(2,3)9-8-13(18)19/h4-7,10H,8-9H2,1-3H3,(H,17,20)(H,18,19). The quantitative estimate of drug-likeness (QED) is 0.750. The topological polar surface area (TPSA) is 66.4 Å². The van der Waals surface area contributed by atoms with Crippen molar-refractivity contribution in [1.29, 1.82) is 0 Å². The lowest BCUT2D eigenvalue weighted by Gasteiger charge is -2.27. The molecular formula is C15H20ClNO3S. The predicted molar refractivity (Wildman–Crippen MR) is 85.9 cm³/mol. The molecule has 116 valence electrons. The molecule has 0 radical (unpaired) electrons. The van der Waals surface area contributed by atoms with Crippen molar-refractivity contribution < 1.29 is 14.7 Å². The first kappa shape index (κ1) is 17.9. The molecule has 1 amide bonds. The minimum atomic E-state index is -0.860. The highest BCUT2D eigenvalue weighted by Gasteiger charge is 2.24. The van der Waals surface area contributed by atoms with Crippen molar-refractivity contribution >= 4 is 35.2 Å². The summed E-state index contributed by atoms with van der Waals surface area (Å²) < 4.78 is 0. The van der Waals surface area contributed by atoms with Crippen LogP contribution in [0.2, 0.25) is 5.02 Å². The van der Waals surface area contributed by atoms with Gasteiger partial charge in [0.05, 0.1) is 5.25 Å². The first-order valence-electron chi connectivity index (χ1n) is 6.66. The summed E-state index contributed by atoms with van der Waals surface area (Å²) in [4.78, 5) is 23.7. The third-order valence-electron chi connectivity index (χ3n) is 2.92. The molecule has 1 aromatic carbocycles. The van der Waals surface area contributed by atoms with E-state index >= 15 is 0 Å². The molecule has 1 unspecified atom stereocenters. The van der Waals surface area contributed by atoms with Crippen LogP contribution in [0, 0.1) is 0 Å². The van der Waals surface area contributed by atoms with E-state index in [2.05, 4.69) is 5.32 Å². The number of benzene rings is 1. The highest BCUT2D eigenvalue weighted by Crippen LogP contribution is 2.25. The Morgan fingerprint density at radius 1 is 1.33 bits per heavy atom. The smallest absolute Gasteiger partial charge is 0.303 e. The molecule has 0 spiro atoms. The van der Waals surface area contributed by atoms with Gasteiger partial charge < -0.3 is 10.4 Å². The Balaban J connectivity index is 2.53. The largest absolute Gasteiger partial charge is 0.481 e. The second-order valence-electron chi connectivity index (χ2n) is 5.48. The second-order valence-corrected chi connectivity index (χ2v) is 7.33. The van der Waals surface area contributed by atoms with Gasteiger partial charge >= 0.3 is 5.97 Å². The zero-order valence-electron chi connectivity index (χ0n) is 12.4. The third kappa shape index (κ3) is 6.87. The van der Waals surface area contributed by atoms with Gasteiger partial charge in [0.15, 0.2) is 0 Å². The van der Waals surface area contributed by atoms with Crippen LogP contribution in [0.4, 0.5) is 0 Å². The van der Waals surface area contributed by atoms with Crippen molar-refractivity contribution in [3.63, 3.8) is 0 Å². The average Bonchev–Trinajstić information content (AvgIpc) is 2.38. The summed E-state index contributed by atoms with van der Waals surface area (Å²) in [5.74, 6) is -0.966. The zero-order valence-corrected chi connectivity index (χ0v) is 13.9. The fourth-order valence-corrected chi connectivity index (χ4v) is 2.68. The maximum absolute atomic E-state index is 12.2. The van der Waals surface area contributed by atoms with Crippen LogP contribution in [0.15, 0.2) is 29.2 Å². The first-order valence-corrected chi connectivity index (χ1v) is 7.91. The summed E-state index contributed by atoms with van der Waals surface area (Å²) in [5, 5.41) is 12.0. The number of hydrogen-bond acceptors (Lipinski definition) is 3. The summed E-state index contributed by atoms with van der Waals surface area (Å²) >= 11 is 7.26. The first-order chi connectivity index (χ1) is 9.69. The van der Waals surface area contributed by atoms with Crippen LogP contribution in [0.25, 0.3) is 0 Å². The minimum Gasteiger partial charge on any atom is -0.481 e. The van der Waals surface area contributed by atoms with Crippen LogP contribution in [0.1, 0.15) is 33.6 Å². The molecule has 0 saturated carbocycles. The van der Waals surface area contributed by atoms with Gasteiger partial charge in [0.25, 0.3) is 0 Å². The molecule has 1 atom stereocenters. The number of amides is 1. The van der Waals surface area contributed by atoms with E-state index in [1.54, 1.807) is 12.1 Å². The summed E-state index contributed by atoms with van der Waals surface area (Å²) in [5.41, 5.74) is -0.537. The lowest BCUT2D eigenvalue weighted by atomic mass is 9.98. The summed E-state index contributed by atoms with van der Waals surface area (Å²) in [6, 6.07) is 7.30. The Morgan fingerprint density at radius 2 is 1.90 bits per heavy atom. The highest BCUT2D eigenvalue weighted by molar-refractivity contribution is 8.00. The van der Waals surface area contributed by atoms with E-state index in [4.69, 9.17) is 16.7 Å². The van der Waals surface area contributed by atoms with Gasteiger partial charge in [0.1, 0.15) is 0 Å². The number of carboxylic acids is 1. The van der Waals surface area contributed by atoms with Gasteiger partial charge in [0.2, 0.25) is 5.91 Å². The van der Waals surface area contributed by atoms with E-state index < -0.39 is 11.5 Å². The molecular weight excluding hydrogens is 310 g/mol. The number of carbonyl (C=O) groups is 2. The monoisotopic (exact) mass is 329 g/mol. The van der Waals surface area contributed by atoms with Gasteiger partial charge in [0, 0.05) is 21.9 Å². The molecule has 0 aliphatic rings. The molecule has 4 nitrogen and oxygen atoms in total. The Kier molecular flexibility index (Phi) is 6.55. The second kappa shape index (κ2) is 7.71. The number of nitrogens with one attached hydrogen (secondary N) is 1. The van der Waals surface area contributed by atoms with Gasteiger partial charge in [-0.25, -0.2) is 0 Å². The van der Waals surface area contributed by atoms with Crippen molar-refractivity contribution in [3.8, 4) is 0 Å². The van der Waals surface area contributed by atoms with Crippen LogP contribution in [0.3, 0.4) is 0 Å². The molecule has 0 aliphatic heterocycles. The minimum absolute atomic E-state index is 0.0337.